The van der Waals surface area contributed by atoms with Gasteiger partial charge in [0.15, 0.2) is 9.84 Å². The SMILES string of the molecule is Nc1cc(NC(=O)C2CCS(=O)(=O)C2)c(F)cc1F. The molecule has 3 N–H and O–H groups in total. The Morgan fingerprint density at radius 2 is 2.00 bits per heavy atom. The lowest BCUT2D eigenvalue weighted by Crippen LogP contribution is -2.24. The first-order chi connectivity index (χ1) is 8.78. The first-order valence-corrected chi connectivity index (χ1v) is 7.36. The summed E-state index contributed by atoms with van der Waals surface area (Å²) in [7, 11) is -3.20. The fraction of sp³-hybridized carbons (Fsp3) is 0.364. The Morgan fingerprint density at radius 3 is 2.58 bits per heavy atom. The Balaban J connectivity index is 2.14. The van der Waals surface area contributed by atoms with Crippen molar-refractivity contribution in [3.63, 3.8) is 0 Å². The molecule has 1 unspecified atom stereocenters. The van der Waals surface area contributed by atoms with Crippen LogP contribution in [0.1, 0.15) is 6.42 Å². The van der Waals surface area contributed by atoms with Crippen molar-refractivity contribution in [1.82, 2.24) is 0 Å². The Hall–Kier alpha value is -1.70. The van der Waals surface area contributed by atoms with E-state index < -0.39 is 33.3 Å². The largest absolute Gasteiger partial charge is 0.396 e. The molecule has 0 bridgehead atoms. The lowest BCUT2D eigenvalue weighted by Gasteiger charge is -2.11. The highest BCUT2D eigenvalue weighted by Crippen LogP contribution is 2.24. The molecular weight excluding hydrogens is 278 g/mol. The Bertz CT molecular complexity index is 631. The van der Waals surface area contributed by atoms with E-state index in [1.165, 1.54) is 0 Å². The molecule has 0 radical (unpaired) electrons. The third-order valence-corrected chi connectivity index (χ3v) is 4.72. The molecule has 1 saturated heterocycles. The summed E-state index contributed by atoms with van der Waals surface area (Å²) in [5.41, 5.74) is 4.72. The van der Waals surface area contributed by atoms with Crippen molar-refractivity contribution in [3.8, 4) is 0 Å². The summed E-state index contributed by atoms with van der Waals surface area (Å²) in [6.07, 6.45) is 0.201. The average molecular weight is 290 g/mol. The van der Waals surface area contributed by atoms with Gasteiger partial charge in [-0.2, -0.15) is 0 Å². The van der Waals surface area contributed by atoms with Crippen molar-refractivity contribution in [3.05, 3.63) is 23.8 Å². The minimum atomic E-state index is -3.20. The topological polar surface area (TPSA) is 89.3 Å². The van der Waals surface area contributed by atoms with E-state index in [2.05, 4.69) is 5.32 Å². The molecule has 1 fully saturated rings. The van der Waals surface area contributed by atoms with Gasteiger partial charge >= 0.3 is 0 Å². The molecule has 1 amide bonds. The van der Waals surface area contributed by atoms with Gasteiger partial charge in [0.25, 0.3) is 0 Å². The van der Waals surface area contributed by atoms with Crippen LogP contribution in [0, 0.1) is 17.6 Å². The summed E-state index contributed by atoms with van der Waals surface area (Å²) >= 11 is 0. The minimum Gasteiger partial charge on any atom is -0.396 e. The van der Waals surface area contributed by atoms with E-state index in [-0.39, 0.29) is 29.3 Å². The van der Waals surface area contributed by atoms with Crippen LogP contribution in [0.2, 0.25) is 0 Å². The summed E-state index contributed by atoms with van der Waals surface area (Å²) in [4.78, 5) is 11.8. The second-order valence-electron chi connectivity index (χ2n) is 4.44. The van der Waals surface area contributed by atoms with E-state index in [0.717, 1.165) is 6.07 Å². The second-order valence-corrected chi connectivity index (χ2v) is 6.67. The number of nitrogens with one attached hydrogen (secondary N) is 1. The van der Waals surface area contributed by atoms with Gasteiger partial charge in [-0.05, 0) is 12.5 Å². The molecule has 19 heavy (non-hydrogen) atoms. The summed E-state index contributed by atoms with van der Waals surface area (Å²) in [5, 5.41) is 2.23. The van der Waals surface area contributed by atoms with Gasteiger partial charge < -0.3 is 11.1 Å². The first kappa shape index (κ1) is 13.7. The molecule has 1 heterocycles. The zero-order valence-electron chi connectivity index (χ0n) is 9.82. The standard InChI is InChI=1S/C11H12F2N2O3S/c12-7-3-8(13)10(4-9(7)14)15-11(16)6-1-2-19(17,18)5-6/h3-4,6H,1-2,5,14H2,(H,15,16). The van der Waals surface area contributed by atoms with E-state index >= 15 is 0 Å². The molecule has 1 aromatic carbocycles. The van der Waals surface area contributed by atoms with Crippen LogP contribution in [0.4, 0.5) is 20.2 Å². The van der Waals surface area contributed by atoms with Gasteiger partial charge in [-0.3, -0.25) is 4.79 Å². The van der Waals surface area contributed by atoms with Crippen LogP contribution in [0.25, 0.3) is 0 Å². The molecule has 0 saturated carbocycles. The number of sulfone groups is 1. The highest BCUT2D eigenvalue weighted by Gasteiger charge is 2.33. The van der Waals surface area contributed by atoms with Crippen LogP contribution >= 0.6 is 0 Å². The molecule has 1 aromatic rings. The first-order valence-electron chi connectivity index (χ1n) is 5.54. The van der Waals surface area contributed by atoms with Gasteiger partial charge in [-0.15, -0.1) is 0 Å². The van der Waals surface area contributed by atoms with Gasteiger partial charge in [0.1, 0.15) is 11.6 Å². The molecule has 104 valence electrons. The molecule has 8 heteroatoms. The minimum absolute atomic E-state index is 0.0564. The van der Waals surface area contributed by atoms with Crippen LogP contribution in [0.3, 0.4) is 0 Å². The molecule has 0 aliphatic carbocycles. The Morgan fingerprint density at radius 1 is 1.32 bits per heavy atom. The van der Waals surface area contributed by atoms with Gasteiger partial charge in [0.2, 0.25) is 5.91 Å². The predicted molar refractivity (Wildman–Crippen MR) is 66.2 cm³/mol. The maximum absolute atomic E-state index is 13.4. The van der Waals surface area contributed by atoms with Crippen LogP contribution < -0.4 is 11.1 Å². The number of carbonyl (C=O) groups is 1. The number of anilines is 2. The van der Waals surface area contributed by atoms with Crippen molar-refractivity contribution >= 4 is 27.1 Å². The third-order valence-electron chi connectivity index (χ3n) is 2.95. The predicted octanol–water partition coefficient (Wildman–Crippen LogP) is 0.920. The van der Waals surface area contributed by atoms with Gasteiger partial charge in [0.05, 0.1) is 28.8 Å². The number of carbonyl (C=O) groups excluding carboxylic acids is 1. The van der Waals surface area contributed by atoms with Crippen LogP contribution in [-0.2, 0) is 14.6 Å². The van der Waals surface area contributed by atoms with Crippen molar-refractivity contribution in [2.24, 2.45) is 5.92 Å². The number of halogens is 2. The van der Waals surface area contributed by atoms with E-state index in [0.29, 0.717) is 6.07 Å². The molecule has 5 nitrogen and oxygen atoms in total. The quantitative estimate of drug-likeness (QED) is 0.793. The molecule has 2 rings (SSSR count). The van der Waals surface area contributed by atoms with E-state index in [4.69, 9.17) is 5.73 Å². The molecule has 0 spiro atoms. The fourth-order valence-corrected chi connectivity index (χ4v) is 3.64. The highest BCUT2D eigenvalue weighted by molar-refractivity contribution is 7.91. The highest BCUT2D eigenvalue weighted by atomic mass is 32.2. The zero-order chi connectivity index (χ0) is 14.2. The number of hydrogen-bond donors (Lipinski definition) is 2. The number of rotatable bonds is 2. The maximum atomic E-state index is 13.4. The second kappa shape index (κ2) is 4.76. The summed E-state index contributed by atoms with van der Waals surface area (Å²) in [6, 6.07) is 1.53. The van der Waals surface area contributed by atoms with Crippen LogP contribution in [0.15, 0.2) is 12.1 Å². The summed E-state index contributed by atoms with van der Waals surface area (Å²) in [6.45, 7) is 0. The number of amides is 1. The van der Waals surface area contributed by atoms with Gasteiger partial charge in [0, 0.05) is 6.07 Å². The molecule has 1 atom stereocenters. The molecule has 1 aliphatic rings. The van der Waals surface area contributed by atoms with Crippen molar-refractivity contribution in [2.45, 2.75) is 6.42 Å². The smallest absolute Gasteiger partial charge is 0.228 e. The fourth-order valence-electron chi connectivity index (χ4n) is 1.90. The van der Waals surface area contributed by atoms with Crippen LogP contribution in [-0.4, -0.2) is 25.8 Å². The van der Waals surface area contributed by atoms with E-state index in [1.807, 2.05) is 0 Å². The monoisotopic (exact) mass is 290 g/mol. The summed E-state index contributed by atoms with van der Waals surface area (Å²) < 4.78 is 48.8. The number of hydrogen-bond acceptors (Lipinski definition) is 4. The molecular formula is C11H12F2N2O3S. The zero-order valence-corrected chi connectivity index (χ0v) is 10.6. The number of nitrogens with two attached hydrogens (primary N) is 1. The van der Waals surface area contributed by atoms with Gasteiger partial charge in [-0.25, -0.2) is 17.2 Å². The third kappa shape index (κ3) is 3.01. The Labute approximate surface area is 108 Å². The summed E-state index contributed by atoms with van der Waals surface area (Å²) in [5.74, 6) is -3.50. The average Bonchev–Trinajstić information content (AvgIpc) is 2.66. The van der Waals surface area contributed by atoms with Crippen molar-refractivity contribution in [2.75, 3.05) is 22.6 Å². The van der Waals surface area contributed by atoms with Gasteiger partial charge in [-0.1, -0.05) is 0 Å². The van der Waals surface area contributed by atoms with E-state index in [9.17, 15) is 22.0 Å². The number of nitrogen functional groups attached to an aromatic ring is 1. The maximum Gasteiger partial charge on any atom is 0.228 e. The van der Waals surface area contributed by atoms with Crippen molar-refractivity contribution < 1.29 is 22.0 Å². The van der Waals surface area contributed by atoms with Crippen molar-refractivity contribution in [1.29, 1.82) is 0 Å². The van der Waals surface area contributed by atoms with E-state index in [1.54, 1.807) is 0 Å². The van der Waals surface area contributed by atoms with Crippen LogP contribution in [0.5, 0.6) is 0 Å². The normalized spacial score (nSPS) is 21.3. The lowest BCUT2D eigenvalue weighted by molar-refractivity contribution is -0.119. The Kier molecular flexibility index (Phi) is 3.44. The molecule has 1 aliphatic heterocycles. The molecule has 0 aromatic heterocycles. The number of benzene rings is 1. The lowest BCUT2D eigenvalue weighted by atomic mass is 10.1.